The average Bonchev–Trinajstić information content (AvgIpc) is 3.19. The van der Waals surface area contributed by atoms with Crippen LogP contribution in [0.4, 0.5) is 9.93 Å². The Labute approximate surface area is 132 Å². The van der Waals surface area contributed by atoms with Gasteiger partial charge in [0.2, 0.25) is 5.13 Å². The molecule has 0 radical (unpaired) electrons. The van der Waals surface area contributed by atoms with Crippen LogP contribution in [0.1, 0.15) is 49.5 Å². The molecule has 0 bridgehead atoms. The zero-order valence-corrected chi connectivity index (χ0v) is 13.3. The van der Waals surface area contributed by atoms with Gasteiger partial charge in [-0.3, -0.25) is 10.4 Å². The van der Waals surface area contributed by atoms with Crippen LogP contribution in [0.2, 0.25) is 0 Å². The molecule has 0 aliphatic carbocycles. The summed E-state index contributed by atoms with van der Waals surface area (Å²) >= 11 is 1.43. The molecule has 118 valence electrons. The number of carbonyl (C=O) groups excluding carboxylic acids is 1. The first kappa shape index (κ1) is 14.9. The van der Waals surface area contributed by atoms with Crippen molar-refractivity contribution in [2.24, 2.45) is 0 Å². The highest BCUT2D eigenvalue weighted by molar-refractivity contribution is 7.15. The zero-order valence-electron chi connectivity index (χ0n) is 12.4. The maximum atomic E-state index is 12.5. The summed E-state index contributed by atoms with van der Waals surface area (Å²) in [5.74, 6) is 0.735. The molecule has 1 aliphatic heterocycles. The molecule has 8 nitrogen and oxygen atoms in total. The SMILES string of the molecule is CCCc1nnc(NC(=O)N2CCCC[C@@H]2c2ncn[nH]2)s1. The highest BCUT2D eigenvalue weighted by atomic mass is 32.1. The molecule has 0 aromatic carbocycles. The van der Waals surface area contributed by atoms with E-state index in [1.165, 1.54) is 17.7 Å². The number of amides is 2. The topological polar surface area (TPSA) is 99.7 Å². The predicted molar refractivity (Wildman–Crippen MR) is 82.6 cm³/mol. The van der Waals surface area contributed by atoms with Crippen molar-refractivity contribution in [2.75, 3.05) is 11.9 Å². The summed E-state index contributed by atoms with van der Waals surface area (Å²) in [5, 5.41) is 19.2. The summed E-state index contributed by atoms with van der Waals surface area (Å²) in [6.07, 6.45) is 6.34. The number of piperidine rings is 1. The van der Waals surface area contributed by atoms with Gasteiger partial charge in [0, 0.05) is 13.0 Å². The van der Waals surface area contributed by atoms with Crippen molar-refractivity contribution in [3.63, 3.8) is 0 Å². The van der Waals surface area contributed by atoms with Gasteiger partial charge < -0.3 is 4.90 Å². The molecule has 1 saturated heterocycles. The molecule has 0 saturated carbocycles. The minimum atomic E-state index is -0.153. The second kappa shape index (κ2) is 6.82. The molecule has 2 amide bonds. The van der Waals surface area contributed by atoms with E-state index >= 15 is 0 Å². The number of nitrogens with one attached hydrogen (secondary N) is 2. The molecular weight excluding hydrogens is 302 g/mol. The first-order valence-corrected chi connectivity index (χ1v) is 8.35. The number of hydrogen-bond donors (Lipinski definition) is 2. The number of rotatable bonds is 4. The number of aryl methyl sites for hydroxylation is 1. The van der Waals surface area contributed by atoms with Crippen LogP contribution in [-0.2, 0) is 6.42 Å². The molecule has 2 aromatic heterocycles. The lowest BCUT2D eigenvalue weighted by atomic mass is 10.0. The normalized spacial score (nSPS) is 18.4. The Morgan fingerprint density at radius 2 is 2.41 bits per heavy atom. The van der Waals surface area contributed by atoms with Crippen molar-refractivity contribution in [1.82, 2.24) is 30.3 Å². The Morgan fingerprint density at radius 3 is 3.18 bits per heavy atom. The van der Waals surface area contributed by atoms with Crippen LogP contribution >= 0.6 is 11.3 Å². The van der Waals surface area contributed by atoms with Crippen molar-refractivity contribution < 1.29 is 4.79 Å². The van der Waals surface area contributed by atoms with Crippen molar-refractivity contribution in [1.29, 1.82) is 0 Å². The molecule has 1 fully saturated rings. The third-order valence-corrected chi connectivity index (χ3v) is 4.56. The second-order valence-corrected chi connectivity index (χ2v) is 6.32. The molecule has 2 N–H and O–H groups in total. The van der Waals surface area contributed by atoms with Crippen LogP contribution < -0.4 is 5.32 Å². The Kier molecular flexibility index (Phi) is 4.62. The van der Waals surface area contributed by atoms with Gasteiger partial charge in [-0.2, -0.15) is 5.10 Å². The summed E-state index contributed by atoms with van der Waals surface area (Å²) in [6, 6.07) is -0.209. The maximum absolute atomic E-state index is 12.5. The van der Waals surface area contributed by atoms with Crippen molar-refractivity contribution in [3.8, 4) is 0 Å². The van der Waals surface area contributed by atoms with Gasteiger partial charge in [-0.15, -0.1) is 10.2 Å². The summed E-state index contributed by atoms with van der Waals surface area (Å²) in [4.78, 5) is 18.5. The molecule has 2 aromatic rings. The van der Waals surface area contributed by atoms with Crippen molar-refractivity contribution >= 4 is 22.5 Å². The Hall–Kier alpha value is -2.03. The van der Waals surface area contributed by atoms with Gasteiger partial charge in [-0.1, -0.05) is 18.3 Å². The van der Waals surface area contributed by atoms with E-state index in [2.05, 4.69) is 37.6 Å². The zero-order chi connectivity index (χ0) is 15.4. The fraction of sp³-hybridized carbons (Fsp3) is 0.615. The quantitative estimate of drug-likeness (QED) is 0.900. The number of urea groups is 1. The third kappa shape index (κ3) is 3.24. The standard InChI is InChI=1S/C13H19N7OS/c1-2-5-10-17-19-12(22-10)16-13(21)20-7-4-3-6-9(20)11-14-8-15-18-11/h8-9H,2-7H2,1H3,(H,14,15,18)(H,16,19,21)/t9-/m1/s1. The Morgan fingerprint density at radius 1 is 1.50 bits per heavy atom. The lowest BCUT2D eigenvalue weighted by Gasteiger charge is -2.33. The Balaban J connectivity index is 1.69. The monoisotopic (exact) mass is 321 g/mol. The molecule has 9 heteroatoms. The molecule has 22 heavy (non-hydrogen) atoms. The van der Waals surface area contributed by atoms with Gasteiger partial charge >= 0.3 is 6.03 Å². The highest BCUT2D eigenvalue weighted by Crippen LogP contribution is 2.29. The lowest BCUT2D eigenvalue weighted by Crippen LogP contribution is -2.41. The van der Waals surface area contributed by atoms with E-state index in [0.717, 1.165) is 42.9 Å². The van der Waals surface area contributed by atoms with E-state index in [1.807, 2.05) is 0 Å². The first-order valence-electron chi connectivity index (χ1n) is 7.53. The fourth-order valence-electron chi connectivity index (χ4n) is 2.62. The predicted octanol–water partition coefficient (Wildman–Crippen LogP) is 2.37. The molecule has 1 atom stereocenters. The fourth-order valence-corrected chi connectivity index (χ4v) is 3.45. The van der Waals surface area contributed by atoms with E-state index in [4.69, 9.17) is 0 Å². The van der Waals surface area contributed by atoms with Gasteiger partial charge in [-0.05, 0) is 25.7 Å². The summed E-state index contributed by atoms with van der Waals surface area (Å²) < 4.78 is 0. The molecule has 3 rings (SSSR count). The number of nitrogens with zero attached hydrogens (tertiary/aromatic N) is 5. The third-order valence-electron chi connectivity index (χ3n) is 3.66. The first-order chi connectivity index (χ1) is 10.8. The van der Waals surface area contributed by atoms with Gasteiger partial charge in [0.15, 0.2) is 0 Å². The number of aromatic nitrogens is 5. The van der Waals surface area contributed by atoms with Crippen molar-refractivity contribution in [2.45, 2.75) is 45.1 Å². The molecule has 1 aliphatic rings. The summed E-state index contributed by atoms with van der Waals surface area (Å²) in [6.45, 7) is 2.80. The van der Waals surface area contributed by atoms with Crippen LogP contribution in [-0.4, -0.2) is 42.9 Å². The number of carbonyl (C=O) groups is 1. The van der Waals surface area contributed by atoms with Crippen LogP contribution in [0.5, 0.6) is 0 Å². The van der Waals surface area contributed by atoms with Gasteiger partial charge in [-0.25, -0.2) is 9.78 Å². The smallest absolute Gasteiger partial charge is 0.314 e. The van der Waals surface area contributed by atoms with Crippen LogP contribution in [0.15, 0.2) is 6.33 Å². The van der Waals surface area contributed by atoms with E-state index in [1.54, 1.807) is 4.90 Å². The number of likely N-dealkylation sites (tertiary alicyclic amines) is 1. The summed E-state index contributed by atoms with van der Waals surface area (Å²) in [7, 11) is 0. The van der Waals surface area contributed by atoms with Gasteiger partial charge in [0.25, 0.3) is 0 Å². The summed E-state index contributed by atoms with van der Waals surface area (Å²) in [5.41, 5.74) is 0. The van der Waals surface area contributed by atoms with E-state index in [9.17, 15) is 4.79 Å². The van der Waals surface area contributed by atoms with Crippen LogP contribution in [0.3, 0.4) is 0 Å². The highest BCUT2D eigenvalue weighted by Gasteiger charge is 2.30. The average molecular weight is 321 g/mol. The second-order valence-electron chi connectivity index (χ2n) is 5.26. The minimum absolute atomic E-state index is 0.0562. The molecule has 3 heterocycles. The number of anilines is 1. The molecule has 0 unspecified atom stereocenters. The maximum Gasteiger partial charge on any atom is 0.324 e. The van der Waals surface area contributed by atoms with Gasteiger partial charge in [0.1, 0.15) is 17.2 Å². The van der Waals surface area contributed by atoms with Crippen molar-refractivity contribution in [3.05, 3.63) is 17.2 Å². The minimum Gasteiger partial charge on any atom is -0.314 e. The van der Waals surface area contributed by atoms with Crippen LogP contribution in [0.25, 0.3) is 0 Å². The number of H-pyrrole nitrogens is 1. The molecular formula is C13H19N7OS. The van der Waals surface area contributed by atoms with E-state index in [-0.39, 0.29) is 12.1 Å². The van der Waals surface area contributed by atoms with E-state index in [0.29, 0.717) is 11.7 Å². The number of hydrogen-bond acceptors (Lipinski definition) is 6. The molecule has 0 spiro atoms. The van der Waals surface area contributed by atoms with E-state index < -0.39 is 0 Å². The van der Waals surface area contributed by atoms with Crippen LogP contribution in [0, 0.1) is 0 Å². The lowest BCUT2D eigenvalue weighted by molar-refractivity contribution is 0.159. The van der Waals surface area contributed by atoms with Gasteiger partial charge in [0.05, 0.1) is 6.04 Å². The Bertz CT molecular complexity index is 612. The largest absolute Gasteiger partial charge is 0.324 e. The number of aromatic amines is 1.